The Kier molecular flexibility index (Phi) is 5.82. The number of non-ortho nitro benzene ring substituents is 1. The number of nitro groups is 1. The predicted octanol–water partition coefficient (Wildman–Crippen LogP) is 2.12. The number of hydrogen-bond donors (Lipinski definition) is 0. The zero-order chi connectivity index (χ0) is 15.2. The summed E-state index contributed by atoms with van der Waals surface area (Å²) in [4.78, 5) is 21.4. The van der Waals surface area contributed by atoms with E-state index in [-0.39, 0.29) is 12.3 Å². The van der Waals surface area contributed by atoms with E-state index in [1.54, 1.807) is 0 Å². The van der Waals surface area contributed by atoms with Crippen molar-refractivity contribution in [3.05, 3.63) is 39.9 Å². The van der Waals surface area contributed by atoms with Crippen molar-refractivity contribution in [3.8, 4) is 0 Å². The molecule has 0 saturated carbocycles. The van der Waals surface area contributed by atoms with E-state index in [0.717, 1.165) is 0 Å². The molecule has 0 atom stereocenters. The summed E-state index contributed by atoms with van der Waals surface area (Å²) >= 11 is 0. The molecule has 0 aliphatic rings. The number of esters is 1. The first kappa shape index (κ1) is 16.3. The molecule has 0 aromatic heterocycles. The zero-order valence-electron chi connectivity index (χ0n) is 11.0. The minimum absolute atomic E-state index is 0.0525. The van der Waals surface area contributed by atoms with Crippen LogP contribution < -0.4 is 0 Å². The second kappa shape index (κ2) is 7.14. The highest BCUT2D eigenvalue weighted by Gasteiger charge is 2.26. The lowest BCUT2D eigenvalue weighted by Gasteiger charge is -2.12. The van der Waals surface area contributed by atoms with Crippen LogP contribution in [0, 0.1) is 10.1 Å². The summed E-state index contributed by atoms with van der Waals surface area (Å²) in [5, 5.41) is 10.5. The summed E-state index contributed by atoms with van der Waals surface area (Å²) in [5.74, 6) is -0.740. The van der Waals surface area contributed by atoms with Crippen molar-refractivity contribution < 1.29 is 28.1 Å². The van der Waals surface area contributed by atoms with Gasteiger partial charge in [-0.1, -0.05) is 0 Å². The maximum absolute atomic E-state index is 11.7. The summed E-state index contributed by atoms with van der Waals surface area (Å²) in [6, 6.07) is 5.55. The van der Waals surface area contributed by atoms with Crippen LogP contribution in [0.1, 0.15) is 5.56 Å². The first-order chi connectivity index (χ1) is 9.40. The van der Waals surface area contributed by atoms with E-state index in [0.29, 0.717) is 5.56 Å². The molecule has 110 valence electrons. The van der Waals surface area contributed by atoms with Crippen LogP contribution in [0.15, 0.2) is 24.3 Å². The molecule has 0 spiro atoms. The van der Waals surface area contributed by atoms with Crippen molar-refractivity contribution in [1.29, 1.82) is 0 Å². The molecule has 0 heterocycles. The van der Waals surface area contributed by atoms with Gasteiger partial charge >= 0.3 is 13.6 Å². The van der Waals surface area contributed by atoms with Gasteiger partial charge in [-0.2, -0.15) is 0 Å². The van der Waals surface area contributed by atoms with Crippen molar-refractivity contribution in [1.82, 2.24) is 0 Å². The maximum atomic E-state index is 11.7. The Hall–Kier alpha value is -1.76. The molecule has 0 aliphatic carbocycles. The number of carbonyl (C=O) groups is 1. The van der Waals surface area contributed by atoms with Gasteiger partial charge in [0.2, 0.25) is 0 Å². The lowest BCUT2D eigenvalue weighted by atomic mass is 10.2. The number of benzene rings is 1. The third-order valence-electron chi connectivity index (χ3n) is 2.43. The van der Waals surface area contributed by atoms with E-state index in [1.807, 2.05) is 0 Å². The third kappa shape index (κ3) is 4.73. The van der Waals surface area contributed by atoms with E-state index in [9.17, 15) is 19.5 Å². The van der Waals surface area contributed by atoms with Crippen LogP contribution in [-0.2, 0) is 29.8 Å². The largest absolute Gasteiger partial charge is 0.460 e. The minimum atomic E-state index is -3.44. The van der Waals surface area contributed by atoms with Crippen LogP contribution in [0.3, 0.4) is 0 Å². The van der Waals surface area contributed by atoms with E-state index in [1.165, 1.54) is 38.5 Å². The number of ether oxygens (including phenoxy) is 1. The molecular weight excluding hydrogens is 289 g/mol. The number of nitrogens with zero attached hydrogens (tertiary/aromatic N) is 1. The summed E-state index contributed by atoms with van der Waals surface area (Å²) in [6.07, 6.45) is -0.493. The van der Waals surface area contributed by atoms with Gasteiger partial charge in [0, 0.05) is 26.4 Å². The van der Waals surface area contributed by atoms with Crippen LogP contribution in [0.25, 0.3) is 0 Å². The van der Waals surface area contributed by atoms with Gasteiger partial charge in [-0.15, -0.1) is 0 Å². The Morgan fingerprint density at radius 2 is 1.80 bits per heavy atom. The van der Waals surface area contributed by atoms with Gasteiger partial charge in [-0.25, -0.2) is 0 Å². The summed E-state index contributed by atoms with van der Waals surface area (Å²) < 4.78 is 25.8. The lowest BCUT2D eigenvalue weighted by molar-refractivity contribution is -0.384. The topological polar surface area (TPSA) is 105 Å². The molecule has 20 heavy (non-hydrogen) atoms. The van der Waals surface area contributed by atoms with Crippen molar-refractivity contribution in [2.75, 3.05) is 20.4 Å². The lowest BCUT2D eigenvalue weighted by Crippen LogP contribution is -2.11. The van der Waals surface area contributed by atoms with Gasteiger partial charge in [0.25, 0.3) is 5.69 Å². The predicted molar refractivity (Wildman–Crippen MR) is 69.4 cm³/mol. The SMILES string of the molecule is COP(=O)(CC(=O)OCc1ccc([N+](=O)[O-])cc1)OC. The van der Waals surface area contributed by atoms with Crippen LogP contribution in [-0.4, -0.2) is 31.3 Å². The van der Waals surface area contributed by atoms with Gasteiger partial charge in [0.05, 0.1) is 4.92 Å². The first-order valence-electron chi connectivity index (χ1n) is 5.49. The molecular formula is C11H14NO7P. The fraction of sp³-hybridized carbons (Fsp3) is 0.364. The summed E-state index contributed by atoms with van der Waals surface area (Å²) in [7, 11) is -1.09. The van der Waals surface area contributed by atoms with Crippen molar-refractivity contribution >= 4 is 19.3 Å². The van der Waals surface area contributed by atoms with E-state index < -0.39 is 24.7 Å². The molecule has 1 aromatic rings. The first-order valence-corrected chi connectivity index (χ1v) is 7.22. The van der Waals surface area contributed by atoms with E-state index in [4.69, 9.17) is 4.74 Å². The molecule has 0 bridgehead atoms. The highest BCUT2D eigenvalue weighted by molar-refractivity contribution is 7.54. The molecule has 1 rings (SSSR count). The van der Waals surface area contributed by atoms with Crippen molar-refractivity contribution in [3.63, 3.8) is 0 Å². The maximum Gasteiger partial charge on any atom is 0.341 e. The van der Waals surface area contributed by atoms with Gasteiger partial charge in [0.15, 0.2) is 0 Å². The minimum Gasteiger partial charge on any atom is -0.460 e. The summed E-state index contributed by atoms with van der Waals surface area (Å²) in [5.41, 5.74) is 0.525. The molecule has 0 unspecified atom stereocenters. The molecule has 8 nitrogen and oxygen atoms in total. The summed E-state index contributed by atoms with van der Waals surface area (Å²) in [6.45, 7) is -0.0791. The Balaban J connectivity index is 2.53. The number of hydrogen-bond acceptors (Lipinski definition) is 7. The highest BCUT2D eigenvalue weighted by atomic mass is 31.2. The van der Waals surface area contributed by atoms with E-state index in [2.05, 4.69) is 9.05 Å². The van der Waals surface area contributed by atoms with Crippen LogP contribution in [0.5, 0.6) is 0 Å². The van der Waals surface area contributed by atoms with Crippen LogP contribution >= 0.6 is 7.60 Å². The van der Waals surface area contributed by atoms with E-state index >= 15 is 0 Å². The second-order valence-electron chi connectivity index (χ2n) is 3.72. The normalized spacial score (nSPS) is 11.1. The standard InChI is InChI=1S/C11H14NO7P/c1-17-20(16,18-2)8-11(13)19-7-9-3-5-10(6-4-9)12(14)15/h3-6H,7-8H2,1-2H3. The Bertz CT molecular complexity index is 520. The molecule has 0 fully saturated rings. The highest BCUT2D eigenvalue weighted by Crippen LogP contribution is 2.46. The second-order valence-corrected chi connectivity index (χ2v) is 5.99. The van der Waals surface area contributed by atoms with Crippen molar-refractivity contribution in [2.45, 2.75) is 6.61 Å². The molecule has 9 heteroatoms. The number of nitro benzene ring substituents is 1. The van der Waals surface area contributed by atoms with Gasteiger partial charge in [-0.3, -0.25) is 19.5 Å². The van der Waals surface area contributed by atoms with Crippen LogP contribution in [0.2, 0.25) is 0 Å². The average Bonchev–Trinajstić information content (AvgIpc) is 2.45. The smallest absolute Gasteiger partial charge is 0.341 e. The van der Waals surface area contributed by atoms with Gasteiger partial charge in [-0.05, 0) is 17.7 Å². The molecule has 0 radical (unpaired) electrons. The Morgan fingerprint density at radius 1 is 1.25 bits per heavy atom. The molecule has 0 N–H and O–H groups in total. The van der Waals surface area contributed by atoms with Gasteiger partial charge < -0.3 is 13.8 Å². The monoisotopic (exact) mass is 303 g/mol. The average molecular weight is 303 g/mol. The fourth-order valence-electron chi connectivity index (χ4n) is 1.29. The molecule has 1 aromatic carbocycles. The Morgan fingerprint density at radius 3 is 2.25 bits per heavy atom. The van der Waals surface area contributed by atoms with Gasteiger partial charge in [0.1, 0.15) is 12.8 Å². The molecule has 0 aliphatic heterocycles. The number of carbonyl (C=O) groups excluding carboxylic acids is 1. The zero-order valence-corrected chi connectivity index (χ0v) is 11.9. The van der Waals surface area contributed by atoms with Crippen molar-refractivity contribution in [2.24, 2.45) is 0 Å². The fourth-order valence-corrected chi connectivity index (χ4v) is 2.10. The molecule has 0 saturated heterocycles. The molecule has 0 amide bonds. The number of rotatable bonds is 7. The quantitative estimate of drug-likeness (QED) is 0.329. The third-order valence-corrected chi connectivity index (χ3v) is 4.18. The Labute approximate surface area is 115 Å². The van der Waals surface area contributed by atoms with Crippen LogP contribution in [0.4, 0.5) is 5.69 Å².